The summed E-state index contributed by atoms with van der Waals surface area (Å²) < 4.78 is 0. The summed E-state index contributed by atoms with van der Waals surface area (Å²) in [4.78, 5) is 0. The van der Waals surface area contributed by atoms with Crippen LogP contribution in [-0.4, -0.2) is 10.2 Å². The zero-order chi connectivity index (χ0) is 11.0. The molecule has 2 fully saturated rings. The monoisotopic (exact) mass is 215 g/mol. The van der Waals surface area contributed by atoms with Crippen LogP contribution in [-0.2, 0) is 0 Å². The van der Waals surface area contributed by atoms with E-state index in [1.165, 1.54) is 44.9 Å². The van der Waals surface area contributed by atoms with Crippen LogP contribution in [0.3, 0.4) is 0 Å². The summed E-state index contributed by atoms with van der Waals surface area (Å²) >= 11 is 0. The number of H-pyrrole nitrogens is 1. The van der Waals surface area contributed by atoms with Crippen molar-refractivity contribution in [3.8, 4) is 6.07 Å². The largest absolute Gasteiger partial charge is 0.281 e. The second-order valence-corrected chi connectivity index (χ2v) is 5.12. The molecule has 16 heavy (non-hydrogen) atoms. The van der Waals surface area contributed by atoms with Crippen molar-refractivity contribution in [2.45, 2.75) is 56.8 Å². The topological polar surface area (TPSA) is 52.5 Å². The van der Waals surface area contributed by atoms with Gasteiger partial charge in [0.1, 0.15) is 6.07 Å². The van der Waals surface area contributed by atoms with Gasteiger partial charge in [0.2, 0.25) is 0 Å². The van der Waals surface area contributed by atoms with Crippen LogP contribution in [0.2, 0.25) is 0 Å². The van der Waals surface area contributed by atoms with Crippen molar-refractivity contribution in [2.24, 2.45) is 0 Å². The van der Waals surface area contributed by atoms with Gasteiger partial charge in [-0.05, 0) is 25.7 Å². The Balaban J connectivity index is 1.93. The van der Waals surface area contributed by atoms with E-state index in [1.807, 2.05) is 0 Å². The number of nitrogens with one attached hydrogen (secondary N) is 1. The smallest absolute Gasteiger partial charge is 0.103 e. The van der Waals surface area contributed by atoms with Gasteiger partial charge >= 0.3 is 0 Å². The molecule has 0 unspecified atom stereocenters. The highest BCUT2D eigenvalue weighted by Crippen LogP contribution is 2.41. The predicted octanol–water partition coefficient (Wildman–Crippen LogP) is 3.21. The fraction of sp³-hybridized carbons (Fsp3) is 0.692. The summed E-state index contributed by atoms with van der Waals surface area (Å²) in [5, 5.41) is 16.9. The van der Waals surface area contributed by atoms with E-state index in [0.717, 1.165) is 17.0 Å². The third kappa shape index (κ3) is 1.44. The quantitative estimate of drug-likeness (QED) is 0.823. The van der Waals surface area contributed by atoms with Crippen molar-refractivity contribution in [3.63, 3.8) is 0 Å². The summed E-state index contributed by atoms with van der Waals surface area (Å²) in [7, 11) is 0. The third-order valence-corrected chi connectivity index (χ3v) is 4.19. The van der Waals surface area contributed by atoms with Crippen LogP contribution in [0.4, 0.5) is 0 Å². The number of aromatic amines is 1. The highest BCUT2D eigenvalue weighted by Gasteiger charge is 2.30. The Labute approximate surface area is 95.9 Å². The molecule has 0 aliphatic heterocycles. The van der Waals surface area contributed by atoms with Crippen molar-refractivity contribution in [3.05, 3.63) is 17.0 Å². The molecule has 84 valence electrons. The molecule has 0 atom stereocenters. The first-order valence-electron chi connectivity index (χ1n) is 6.38. The van der Waals surface area contributed by atoms with Gasteiger partial charge in [0, 0.05) is 11.8 Å². The molecule has 3 heteroatoms. The molecule has 2 aliphatic rings. The first-order valence-corrected chi connectivity index (χ1v) is 6.38. The highest BCUT2D eigenvalue weighted by atomic mass is 15.1. The number of nitrogens with zero attached hydrogens (tertiary/aromatic N) is 2. The van der Waals surface area contributed by atoms with Gasteiger partial charge in [-0.3, -0.25) is 5.10 Å². The van der Waals surface area contributed by atoms with E-state index in [9.17, 15) is 5.26 Å². The van der Waals surface area contributed by atoms with Crippen LogP contribution in [0.5, 0.6) is 0 Å². The van der Waals surface area contributed by atoms with Crippen molar-refractivity contribution in [1.29, 1.82) is 5.26 Å². The molecule has 0 spiro atoms. The average molecular weight is 215 g/mol. The Morgan fingerprint density at radius 1 is 1.06 bits per heavy atom. The summed E-state index contributed by atoms with van der Waals surface area (Å²) in [5.74, 6) is 1.12. The van der Waals surface area contributed by atoms with E-state index in [4.69, 9.17) is 0 Å². The minimum Gasteiger partial charge on any atom is -0.281 e. The van der Waals surface area contributed by atoms with E-state index in [-0.39, 0.29) is 0 Å². The number of hydrogen-bond donors (Lipinski definition) is 1. The molecular weight excluding hydrogens is 198 g/mol. The lowest BCUT2D eigenvalue weighted by Crippen LogP contribution is -2.10. The summed E-state index contributed by atoms with van der Waals surface area (Å²) in [6, 6.07) is 2.38. The lowest BCUT2D eigenvalue weighted by molar-refractivity contribution is 0.410. The molecule has 3 nitrogen and oxygen atoms in total. The minimum absolute atomic E-state index is 0.557. The standard InChI is InChI=1S/C13H17N3/c14-8-11-12(9-4-1-2-5-9)15-16-13(11)10-6-3-7-10/h9-10H,1-7H2,(H,15,16). The van der Waals surface area contributed by atoms with Crippen LogP contribution in [0.25, 0.3) is 0 Å². The highest BCUT2D eigenvalue weighted by molar-refractivity contribution is 5.42. The van der Waals surface area contributed by atoms with E-state index in [2.05, 4.69) is 16.3 Å². The van der Waals surface area contributed by atoms with Crippen molar-refractivity contribution in [1.82, 2.24) is 10.2 Å². The Bertz CT molecular complexity index is 417. The second kappa shape index (κ2) is 3.93. The number of nitriles is 1. The fourth-order valence-electron chi connectivity index (χ4n) is 2.97. The lowest BCUT2D eigenvalue weighted by Gasteiger charge is -2.23. The molecule has 0 saturated heterocycles. The lowest BCUT2D eigenvalue weighted by atomic mass is 9.81. The van der Waals surface area contributed by atoms with Crippen LogP contribution in [0, 0.1) is 11.3 Å². The molecule has 1 heterocycles. The zero-order valence-electron chi connectivity index (χ0n) is 9.50. The molecule has 1 N–H and O–H groups in total. The second-order valence-electron chi connectivity index (χ2n) is 5.12. The summed E-state index contributed by atoms with van der Waals surface area (Å²) in [6.07, 6.45) is 8.76. The average Bonchev–Trinajstić information content (AvgIpc) is 2.81. The Morgan fingerprint density at radius 3 is 2.31 bits per heavy atom. The van der Waals surface area contributed by atoms with Crippen molar-refractivity contribution >= 4 is 0 Å². The van der Waals surface area contributed by atoms with Crippen LogP contribution >= 0.6 is 0 Å². The first kappa shape index (κ1) is 9.89. The van der Waals surface area contributed by atoms with Gasteiger partial charge in [0.25, 0.3) is 0 Å². The Morgan fingerprint density at radius 2 is 1.75 bits per heavy atom. The first-order chi connectivity index (χ1) is 7.90. The molecule has 2 saturated carbocycles. The molecule has 1 aromatic rings. The Hall–Kier alpha value is -1.30. The maximum atomic E-state index is 9.31. The van der Waals surface area contributed by atoms with E-state index in [1.54, 1.807) is 0 Å². The minimum atomic E-state index is 0.557. The third-order valence-electron chi connectivity index (χ3n) is 4.19. The normalized spacial score (nSPS) is 21.9. The molecule has 0 amide bonds. The molecule has 3 rings (SSSR count). The van der Waals surface area contributed by atoms with Gasteiger partial charge in [-0.15, -0.1) is 0 Å². The van der Waals surface area contributed by atoms with E-state index < -0.39 is 0 Å². The molecule has 0 radical (unpaired) electrons. The van der Waals surface area contributed by atoms with Crippen molar-refractivity contribution in [2.75, 3.05) is 0 Å². The summed E-state index contributed by atoms with van der Waals surface area (Å²) in [5.41, 5.74) is 3.05. The molecule has 1 aromatic heterocycles. The molecule has 0 aromatic carbocycles. The predicted molar refractivity (Wildman–Crippen MR) is 61.1 cm³/mol. The van der Waals surface area contributed by atoms with Gasteiger partial charge in [0.05, 0.1) is 17.0 Å². The Kier molecular flexibility index (Phi) is 2.43. The maximum absolute atomic E-state index is 9.31. The van der Waals surface area contributed by atoms with Gasteiger partial charge in [-0.2, -0.15) is 10.4 Å². The van der Waals surface area contributed by atoms with Crippen molar-refractivity contribution < 1.29 is 0 Å². The van der Waals surface area contributed by atoms with E-state index in [0.29, 0.717) is 11.8 Å². The summed E-state index contributed by atoms with van der Waals surface area (Å²) in [6.45, 7) is 0. The molecule has 2 aliphatic carbocycles. The van der Waals surface area contributed by atoms with Gasteiger partial charge in [-0.25, -0.2) is 0 Å². The zero-order valence-corrected chi connectivity index (χ0v) is 9.50. The van der Waals surface area contributed by atoms with Crippen LogP contribution in [0.15, 0.2) is 0 Å². The van der Waals surface area contributed by atoms with Crippen LogP contribution < -0.4 is 0 Å². The van der Waals surface area contributed by atoms with Gasteiger partial charge < -0.3 is 0 Å². The number of aromatic nitrogens is 2. The maximum Gasteiger partial charge on any atom is 0.103 e. The van der Waals surface area contributed by atoms with E-state index >= 15 is 0 Å². The van der Waals surface area contributed by atoms with Crippen LogP contribution in [0.1, 0.15) is 73.7 Å². The molecular formula is C13H17N3. The van der Waals surface area contributed by atoms with Gasteiger partial charge in [0.15, 0.2) is 0 Å². The SMILES string of the molecule is N#Cc1c(C2CCC2)n[nH]c1C1CCCC1. The molecule has 0 bridgehead atoms. The fourth-order valence-corrected chi connectivity index (χ4v) is 2.97. The number of rotatable bonds is 2. The number of hydrogen-bond acceptors (Lipinski definition) is 2. The van der Waals surface area contributed by atoms with Gasteiger partial charge in [-0.1, -0.05) is 19.3 Å².